The highest BCUT2D eigenvalue weighted by Gasteiger charge is 2.43. The highest BCUT2D eigenvalue weighted by atomic mass is 35.5. The van der Waals surface area contributed by atoms with Crippen LogP contribution in [0.15, 0.2) is 24.3 Å². The first-order valence-electron chi connectivity index (χ1n) is 8.47. The molecule has 1 aliphatic rings. The number of nitrogens with one attached hydrogen (secondary N) is 2. The van der Waals surface area contributed by atoms with E-state index in [9.17, 15) is 14.4 Å². The van der Waals surface area contributed by atoms with Crippen LogP contribution in [0.3, 0.4) is 0 Å². The number of carbonyl (C=O) groups excluding carboxylic acids is 3. The Hall–Kier alpha value is -2.23. The number of aliphatic hydroxyl groups is 1. The highest BCUT2D eigenvalue weighted by molar-refractivity contribution is 7.80. The Kier molecular flexibility index (Phi) is 7.52. The summed E-state index contributed by atoms with van der Waals surface area (Å²) in [5.74, 6) is -1.14. The molecule has 0 saturated carbocycles. The predicted molar refractivity (Wildman–Crippen MR) is 105 cm³/mol. The minimum absolute atomic E-state index is 0.0830. The van der Waals surface area contributed by atoms with Gasteiger partial charge in [0.25, 0.3) is 5.91 Å². The second kappa shape index (κ2) is 9.63. The molecule has 1 fully saturated rings. The summed E-state index contributed by atoms with van der Waals surface area (Å²) in [6.07, 6.45) is 0.192. The van der Waals surface area contributed by atoms with Gasteiger partial charge < -0.3 is 10.4 Å². The number of halogens is 1. The SMILES string of the molecule is CCN1C(=O)C(CC(=O)Nc2ccc(Cl)cc2)N(NC(=O)CCCO)C1=S. The molecule has 2 rings (SSSR count). The van der Waals surface area contributed by atoms with Crippen LogP contribution in [0.1, 0.15) is 26.2 Å². The fourth-order valence-corrected chi connectivity index (χ4v) is 3.11. The molecule has 146 valence electrons. The van der Waals surface area contributed by atoms with E-state index < -0.39 is 11.9 Å². The molecule has 0 aliphatic carbocycles. The number of amides is 3. The van der Waals surface area contributed by atoms with Crippen LogP contribution >= 0.6 is 23.8 Å². The zero-order valence-electron chi connectivity index (χ0n) is 14.8. The van der Waals surface area contributed by atoms with Gasteiger partial charge in [-0.2, -0.15) is 0 Å². The zero-order valence-corrected chi connectivity index (χ0v) is 16.3. The van der Waals surface area contributed by atoms with Gasteiger partial charge in [0.15, 0.2) is 5.11 Å². The number of anilines is 1. The van der Waals surface area contributed by atoms with Gasteiger partial charge in [0.1, 0.15) is 6.04 Å². The molecule has 0 bridgehead atoms. The Morgan fingerprint density at radius 3 is 2.52 bits per heavy atom. The lowest BCUT2D eigenvalue weighted by molar-refractivity contribution is -0.132. The molecular weight excluding hydrogens is 392 g/mol. The van der Waals surface area contributed by atoms with Crippen LogP contribution in [0.4, 0.5) is 5.69 Å². The summed E-state index contributed by atoms with van der Waals surface area (Å²) in [5, 5.41) is 13.5. The monoisotopic (exact) mass is 412 g/mol. The molecule has 10 heteroatoms. The molecule has 1 atom stereocenters. The molecule has 8 nitrogen and oxygen atoms in total. The number of likely N-dealkylation sites (N-methyl/N-ethyl adjacent to an activating group) is 1. The van der Waals surface area contributed by atoms with E-state index in [0.717, 1.165) is 0 Å². The minimum atomic E-state index is -0.928. The van der Waals surface area contributed by atoms with E-state index in [1.165, 1.54) is 9.91 Å². The standard InChI is InChI=1S/C17H21ClN4O4S/c1-2-21-16(26)13(22(17(21)27)20-14(24)4-3-9-23)10-15(25)19-12-7-5-11(18)6-8-12/h5-8,13,23H,2-4,9-10H2,1H3,(H,19,25)(H,20,24). The number of thiocarbonyl (C=S) groups is 1. The zero-order chi connectivity index (χ0) is 20.0. The third-order valence-electron chi connectivity index (χ3n) is 3.93. The van der Waals surface area contributed by atoms with Crippen molar-refractivity contribution in [3.63, 3.8) is 0 Å². The molecule has 3 N–H and O–H groups in total. The highest BCUT2D eigenvalue weighted by Crippen LogP contribution is 2.20. The number of hydrogen-bond acceptors (Lipinski definition) is 5. The van der Waals surface area contributed by atoms with Crippen LogP contribution in [-0.4, -0.2) is 57.0 Å². The van der Waals surface area contributed by atoms with E-state index in [4.69, 9.17) is 28.9 Å². The summed E-state index contributed by atoms with van der Waals surface area (Å²) < 4.78 is 0. The van der Waals surface area contributed by atoms with E-state index in [1.807, 2.05) is 0 Å². The third-order valence-corrected chi connectivity index (χ3v) is 4.60. The maximum Gasteiger partial charge on any atom is 0.254 e. The van der Waals surface area contributed by atoms with Gasteiger partial charge in [0.2, 0.25) is 11.8 Å². The normalized spacial score (nSPS) is 16.6. The van der Waals surface area contributed by atoms with Gasteiger partial charge in [0.05, 0.1) is 6.42 Å². The van der Waals surface area contributed by atoms with E-state index in [0.29, 0.717) is 23.7 Å². The third kappa shape index (κ3) is 5.38. The van der Waals surface area contributed by atoms with Gasteiger partial charge in [-0.15, -0.1) is 0 Å². The average Bonchev–Trinajstić information content (AvgIpc) is 2.85. The number of hydrazine groups is 1. The van der Waals surface area contributed by atoms with E-state index >= 15 is 0 Å². The lowest BCUT2D eigenvalue weighted by Crippen LogP contribution is -2.49. The Balaban J connectivity index is 2.08. The van der Waals surface area contributed by atoms with Gasteiger partial charge in [0, 0.05) is 30.3 Å². The maximum absolute atomic E-state index is 12.6. The summed E-state index contributed by atoms with van der Waals surface area (Å²) in [4.78, 5) is 38.3. The maximum atomic E-state index is 12.6. The van der Waals surface area contributed by atoms with Gasteiger partial charge in [-0.1, -0.05) is 11.6 Å². The minimum Gasteiger partial charge on any atom is -0.396 e. The molecule has 1 unspecified atom stereocenters. The van der Waals surface area contributed by atoms with Crippen LogP contribution < -0.4 is 10.7 Å². The fourth-order valence-electron chi connectivity index (χ4n) is 2.59. The summed E-state index contributed by atoms with van der Waals surface area (Å²) >= 11 is 11.1. The van der Waals surface area contributed by atoms with Gasteiger partial charge >= 0.3 is 0 Å². The lowest BCUT2D eigenvalue weighted by Gasteiger charge is -2.24. The van der Waals surface area contributed by atoms with Crippen LogP contribution in [-0.2, 0) is 14.4 Å². The first-order valence-corrected chi connectivity index (χ1v) is 9.26. The van der Waals surface area contributed by atoms with Gasteiger partial charge in [-0.25, -0.2) is 5.01 Å². The van der Waals surface area contributed by atoms with E-state index in [1.54, 1.807) is 31.2 Å². The van der Waals surface area contributed by atoms with Crippen molar-refractivity contribution < 1.29 is 19.5 Å². The van der Waals surface area contributed by atoms with Crippen molar-refractivity contribution in [2.24, 2.45) is 0 Å². The molecule has 0 aromatic heterocycles. The van der Waals surface area contributed by atoms with Crippen molar-refractivity contribution in [1.29, 1.82) is 0 Å². The number of hydrogen-bond donors (Lipinski definition) is 3. The first kappa shape index (κ1) is 21.1. The van der Waals surface area contributed by atoms with Crippen LogP contribution in [0.5, 0.6) is 0 Å². The Morgan fingerprint density at radius 1 is 1.26 bits per heavy atom. The van der Waals surface area contributed by atoms with E-state index in [2.05, 4.69) is 10.7 Å². The number of carbonyl (C=O) groups is 3. The summed E-state index contributed by atoms with van der Waals surface area (Å²) in [6.45, 7) is 1.97. The van der Waals surface area contributed by atoms with Crippen molar-refractivity contribution >= 4 is 52.3 Å². The molecule has 1 heterocycles. The molecule has 1 aliphatic heterocycles. The predicted octanol–water partition coefficient (Wildman–Crippen LogP) is 1.29. The molecule has 1 aromatic rings. The first-order chi connectivity index (χ1) is 12.9. The van der Waals surface area contributed by atoms with Crippen LogP contribution in [0, 0.1) is 0 Å². The largest absolute Gasteiger partial charge is 0.396 e. The number of aliphatic hydroxyl groups excluding tert-OH is 1. The summed E-state index contributed by atoms with van der Waals surface area (Å²) in [5.41, 5.74) is 3.11. The fraction of sp³-hybridized carbons (Fsp3) is 0.412. The molecule has 3 amide bonds. The number of nitrogens with zero attached hydrogens (tertiary/aromatic N) is 2. The smallest absolute Gasteiger partial charge is 0.254 e. The van der Waals surface area contributed by atoms with Crippen molar-refractivity contribution in [3.8, 4) is 0 Å². The lowest BCUT2D eigenvalue weighted by atomic mass is 10.2. The average molecular weight is 413 g/mol. The second-order valence-electron chi connectivity index (χ2n) is 5.87. The molecule has 0 spiro atoms. The molecule has 1 saturated heterocycles. The summed E-state index contributed by atoms with van der Waals surface area (Å²) in [7, 11) is 0. The number of benzene rings is 1. The van der Waals surface area contributed by atoms with Crippen molar-refractivity contribution in [3.05, 3.63) is 29.3 Å². The van der Waals surface area contributed by atoms with Crippen molar-refractivity contribution in [2.45, 2.75) is 32.2 Å². The Bertz CT molecular complexity index is 728. The quantitative estimate of drug-likeness (QED) is 0.556. The molecule has 1 aromatic carbocycles. The molecule has 27 heavy (non-hydrogen) atoms. The van der Waals surface area contributed by atoms with Crippen LogP contribution in [0.25, 0.3) is 0 Å². The van der Waals surface area contributed by atoms with Gasteiger partial charge in [-0.3, -0.25) is 24.7 Å². The topological polar surface area (TPSA) is 102 Å². The Morgan fingerprint density at radius 2 is 1.93 bits per heavy atom. The molecular formula is C17H21ClN4O4S. The van der Waals surface area contributed by atoms with Crippen molar-refractivity contribution in [2.75, 3.05) is 18.5 Å². The summed E-state index contributed by atoms with van der Waals surface area (Å²) in [6, 6.07) is 5.64. The number of rotatable bonds is 8. The van der Waals surface area contributed by atoms with Crippen molar-refractivity contribution in [1.82, 2.24) is 15.3 Å². The van der Waals surface area contributed by atoms with E-state index in [-0.39, 0.29) is 36.4 Å². The van der Waals surface area contributed by atoms with Gasteiger partial charge in [-0.05, 0) is 49.8 Å². The Labute approximate surface area is 167 Å². The second-order valence-corrected chi connectivity index (χ2v) is 6.67. The molecule has 0 radical (unpaired) electrons. The van der Waals surface area contributed by atoms with Crippen LogP contribution in [0.2, 0.25) is 5.02 Å².